The molecule has 3 aromatic heterocycles. The molecule has 0 radical (unpaired) electrons. The molecule has 3 saturated heterocycles. The van der Waals surface area contributed by atoms with Crippen molar-refractivity contribution in [2.45, 2.75) is 244 Å². The van der Waals surface area contributed by atoms with Crippen molar-refractivity contribution in [1.29, 1.82) is 0 Å². The molecule has 578 valence electrons. The van der Waals surface area contributed by atoms with Crippen molar-refractivity contribution < 1.29 is 47.0 Å². The van der Waals surface area contributed by atoms with E-state index in [1.165, 1.54) is 68.6 Å². The van der Waals surface area contributed by atoms with E-state index in [0.29, 0.717) is 64.1 Å². The van der Waals surface area contributed by atoms with Gasteiger partial charge in [0.05, 0.1) is 24.4 Å². The number of nitrogens with one attached hydrogen (secondary N) is 3. The average molecular weight is 1460 g/mol. The zero-order chi connectivity index (χ0) is 73.5. The molecule has 13 fully saturated rings. The van der Waals surface area contributed by atoms with E-state index in [9.17, 15) is 33.9 Å². The van der Waals surface area contributed by atoms with Crippen LogP contribution in [0.3, 0.4) is 0 Å². The molecule has 3 aromatic rings. The van der Waals surface area contributed by atoms with Gasteiger partial charge in [0.25, 0.3) is 0 Å². The molecule has 106 heavy (non-hydrogen) atoms. The van der Waals surface area contributed by atoms with E-state index in [4.69, 9.17) is 27.5 Å². The number of amides is 3. The molecule has 3 aliphatic heterocycles. The zero-order valence-electron chi connectivity index (χ0n) is 64.4. The van der Waals surface area contributed by atoms with Crippen LogP contribution in [0.4, 0.5) is 14.4 Å². The van der Waals surface area contributed by atoms with Gasteiger partial charge >= 0.3 is 35.2 Å². The normalized spacial score (nSPS) is 42.0. The van der Waals surface area contributed by atoms with Gasteiger partial charge in [0.2, 0.25) is 0 Å². The molecule has 0 unspecified atom stereocenters. The molecule has 0 spiro atoms. The number of ether oxygens (including phenoxy) is 3. The van der Waals surface area contributed by atoms with Crippen LogP contribution in [-0.4, -0.2) is 141 Å². The fourth-order valence-corrected chi connectivity index (χ4v) is 27.0. The molecule has 3 amide bonds. The molecule has 4 N–H and O–H groups in total. The Morgan fingerprint density at radius 3 is 1.14 bits per heavy atom. The van der Waals surface area contributed by atoms with Gasteiger partial charge in [-0.2, -0.15) is 0 Å². The number of fused-ring (bicyclic) bond motifs is 15. The second kappa shape index (κ2) is 29.3. The maximum Gasteiger partial charge on any atom is 0.410 e. The summed E-state index contributed by atoms with van der Waals surface area (Å²) >= 11 is 0. The van der Waals surface area contributed by atoms with Crippen molar-refractivity contribution in [3.8, 4) is 0 Å². The van der Waals surface area contributed by atoms with Crippen LogP contribution in [0.15, 0.2) is 106 Å². The van der Waals surface area contributed by atoms with E-state index >= 15 is 0 Å². The van der Waals surface area contributed by atoms with Gasteiger partial charge in [-0.05, 0) is 293 Å². The van der Waals surface area contributed by atoms with E-state index < -0.39 is 5.60 Å². The van der Waals surface area contributed by atoms with Gasteiger partial charge in [0, 0.05) is 102 Å². The Morgan fingerprint density at radius 1 is 0.406 bits per heavy atom. The van der Waals surface area contributed by atoms with Crippen molar-refractivity contribution in [2.75, 3.05) is 78.5 Å². The second-order valence-corrected chi connectivity index (χ2v) is 37.5. The molecule has 19 nitrogen and oxygen atoms in total. The maximum absolute atomic E-state index is 12.7. The first kappa shape index (κ1) is 74.1. The smallest absolute Gasteiger partial charge is 0.410 e. The summed E-state index contributed by atoms with van der Waals surface area (Å²) in [5.74, 6) is 6.45. The highest BCUT2D eigenvalue weighted by Gasteiger charge is 2.68. The predicted octanol–water partition coefficient (Wildman–Crippen LogP) is 14.5. The van der Waals surface area contributed by atoms with Gasteiger partial charge in [0.15, 0.2) is 0 Å². The third kappa shape index (κ3) is 13.2. The summed E-state index contributed by atoms with van der Waals surface area (Å²) in [4.78, 5) is 78.3. The van der Waals surface area contributed by atoms with Crippen LogP contribution in [0.2, 0.25) is 0 Å². The van der Waals surface area contributed by atoms with Crippen molar-refractivity contribution in [3.05, 3.63) is 126 Å². The number of piperazine rings is 3. The Hall–Kier alpha value is -6.02. The van der Waals surface area contributed by atoms with Crippen LogP contribution >= 0.6 is 0 Å². The Bertz CT molecular complexity index is 3730. The molecular formula is C87H122N6O13. The van der Waals surface area contributed by atoms with Gasteiger partial charge in [-0.15, -0.1) is 0 Å². The molecule has 0 aromatic carbocycles. The number of carbonyl (C=O) groups excluding carboxylic acids is 3. The molecule has 18 rings (SSSR count). The number of allylic oxidation sites excluding steroid dienone is 4. The summed E-state index contributed by atoms with van der Waals surface area (Å²) in [6, 6.07) is 10.5. The van der Waals surface area contributed by atoms with Crippen LogP contribution in [-0.2, 0) is 14.2 Å². The first-order valence-corrected chi connectivity index (χ1v) is 41.9. The summed E-state index contributed by atoms with van der Waals surface area (Å²) in [7, 11) is 0. The lowest BCUT2D eigenvalue weighted by molar-refractivity contribution is -0.205. The number of rotatable bonds is 6. The highest BCUT2D eigenvalue weighted by molar-refractivity contribution is 5.69. The van der Waals surface area contributed by atoms with Crippen molar-refractivity contribution in [3.63, 3.8) is 0 Å². The van der Waals surface area contributed by atoms with Gasteiger partial charge < -0.3 is 63.2 Å². The van der Waals surface area contributed by atoms with Gasteiger partial charge in [0.1, 0.15) is 18.3 Å². The number of aliphatic hydroxyl groups is 1. The summed E-state index contributed by atoms with van der Waals surface area (Å²) in [5.41, 5.74) is 6.20. The zero-order valence-corrected chi connectivity index (χ0v) is 64.4. The van der Waals surface area contributed by atoms with Crippen LogP contribution < -0.4 is 32.8 Å². The van der Waals surface area contributed by atoms with Gasteiger partial charge in [-0.1, -0.05) is 64.8 Å². The monoisotopic (exact) mass is 1460 g/mol. The molecule has 0 bridgehead atoms. The minimum atomic E-state index is -0.684. The summed E-state index contributed by atoms with van der Waals surface area (Å²) < 4.78 is 33.8. The number of carbonyl (C=O) groups is 3. The number of hydrogen-bond acceptors (Lipinski definition) is 16. The quantitative estimate of drug-likeness (QED) is 0.133. The van der Waals surface area contributed by atoms with Crippen molar-refractivity contribution >= 4 is 18.3 Å². The Kier molecular flexibility index (Phi) is 20.5. The van der Waals surface area contributed by atoms with Crippen molar-refractivity contribution in [2.24, 2.45) is 85.8 Å². The third-order valence-electron chi connectivity index (χ3n) is 33.1. The molecule has 6 heterocycles. The highest BCUT2D eigenvalue weighted by atomic mass is 16.6. The van der Waals surface area contributed by atoms with E-state index in [2.05, 4.69) is 69.6 Å². The first-order chi connectivity index (χ1) is 51.0. The fraction of sp³-hybridized carbons (Fsp3) is 0.747. The van der Waals surface area contributed by atoms with Crippen molar-refractivity contribution in [1.82, 2.24) is 30.7 Å². The fourth-order valence-electron chi connectivity index (χ4n) is 27.0. The molecule has 22 atom stereocenters. The average Bonchev–Trinajstić information content (AvgIpc) is 1.09. The standard InChI is InChI=1S/C29H42N2O5.2C29H40N2O4/c1-27-10-7-21(36-26(33)31-15-13-30-14-16-31)17-20(27)4-5-24-23(27)8-11-28(2)22(9-12-29(24,28)34)19-3-6-25(32)35-18-19;2*1-28-11-9-21(35-27(33)31-15-13-30-14-16-31)17-20(28)4-5-22-24-7-6-23(19-3-8-26(32)34-18-19)29(24,2)12-10-25(22)28/h3,6,18,20-24,30,34H,4-5,7-17H2,1-2H3;2*3,7-8,18,20-23,25,30H,4-6,9-17H2,1-2H3/t20-,21+,22-,23+,24-,27+,28-,29+;2*20-,21+,22+,23-,25+,28+,29-/m111/s1. The highest BCUT2D eigenvalue weighted by Crippen LogP contribution is 2.73. The number of nitrogens with zero attached hydrogens (tertiary/aromatic N) is 3. The molecule has 10 saturated carbocycles. The lowest BCUT2D eigenvalue weighted by atomic mass is 9.43. The Balaban J connectivity index is 0.000000122. The lowest BCUT2D eigenvalue weighted by Crippen LogP contribution is -2.62. The molecule has 12 aliphatic carbocycles. The Morgan fingerprint density at radius 2 is 0.764 bits per heavy atom. The largest absolute Gasteiger partial charge is 0.446 e. The van der Waals surface area contributed by atoms with E-state index in [-0.39, 0.29) is 81.0 Å². The summed E-state index contributed by atoms with van der Waals surface area (Å²) in [5, 5.41) is 22.3. The van der Waals surface area contributed by atoms with Gasteiger partial charge in [-0.3, -0.25) is 0 Å². The summed E-state index contributed by atoms with van der Waals surface area (Å²) in [6.45, 7) is 24.3. The minimum Gasteiger partial charge on any atom is -0.446 e. The third-order valence-corrected chi connectivity index (χ3v) is 33.1. The van der Waals surface area contributed by atoms with E-state index in [1.54, 1.807) is 42.1 Å². The minimum absolute atomic E-state index is 0.0163. The summed E-state index contributed by atoms with van der Waals surface area (Å²) in [6.07, 6.45) is 37.3. The van der Waals surface area contributed by atoms with Crippen LogP contribution in [0.5, 0.6) is 0 Å². The van der Waals surface area contributed by atoms with Gasteiger partial charge in [-0.25, -0.2) is 28.8 Å². The van der Waals surface area contributed by atoms with E-state index in [1.807, 2.05) is 32.9 Å². The SMILES string of the molecule is C[C@]12CC[C@H](OC(=O)N3CCNCC3)C[C@H]1CC[C@@H]1[C@@H]2CC[C@]2(C)[C@@H](c3ccc(=O)oc3)CC[C@]12O.C[C@]12CC[C@H](OC(=O)N3CCNCC3)C[C@H]1CC[C@H]1C3=CC[C@H](c4ccc(=O)oc4)[C@@]3(C)CC[C@@H]12.C[C@]12CC[C@H](OC(=O)N3CCNCC3)C[C@H]1CC[C@H]1C3=CC[C@H](c4ccc(=O)oc4)[C@@]3(C)CC[C@@H]12. The van der Waals surface area contributed by atoms with E-state index in [0.717, 1.165) is 205 Å². The first-order valence-electron chi connectivity index (χ1n) is 41.9. The lowest BCUT2D eigenvalue weighted by Gasteiger charge is -2.63. The van der Waals surface area contributed by atoms with Crippen LogP contribution in [0.1, 0.15) is 237 Å². The molecule has 15 aliphatic rings. The molecule has 19 heteroatoms. The van der Waals surface area contributed by atoms with Crippen LogP contribution in [0.25, 0.3) is 0 Å². The maximum atomic E-state index is 12.7. The number of hydrogen-bond donors (Lipinski definition) is 4. The second-order valence-electron chi connectivity index (χ2n) is 37.5. The van der Waals surface area contributed by atoms with Crippen LogP contribution in [0, 0.1) is 85.8 Å². The predicted molar refractivity (Wildman–Crippen MR) is 404 cm³/mol. The Labute approximate surface area is 627 Å². The molecular weight excluding hydrogens is 1340 g/mol. The topological polar surface area (TPSA) is 236 Å².